The molecule has 0 heterocycles. The Balaban J connectivity index is 1.91. The van der Waals surface area contributed by atoms with Gasteiger partial charge in [0.1, 0.15) is 0 Å². The van der Waals surface area contributed by atoms with Gasteiger partial charge in [-0.25, -0.2) is 4.79 Å². The van der Waals surface area contributed by atoms with Crippen LogP contribution in [0.2, 0.25) is 0 Å². The second kappa shape index (κ2) is 7.02. The minimum Gasteiger partial charge on any atom is -0.449 e. The molecule has 0 bridgehead atoms. The Labute approximate surface area is 132 Å². The van der Waals surface area contributed by atoms with Gasteiger partial charge >= 0.3 is 12.1 Å². The summed E-state index contributed by atoms with van der Waals surface area (Å²) in [5, 5.41) is 2.80. The molecular weight excluding hydrogens is 311 g/mol. The van der Waals surface area contributed by atoms with Gasteiger partial charge in [-0.1, -0.05) is 12.8 Å². The maximum absolute atomic E-state index is 12.5. The van der Waals surface area contributed by atoms with Gasteiger partial charge in [0.2, 0.25) is 0 Å². The number of esters is 1. The minimum atomic E-state index is -4.46. The van der Waals surface area contributed by atoms with E-state index in [4.69, 9.17) is 4.74 Å². The molecule has 0 radical (unpaired) electrons. The van der Waals surface area contributed by atoms with E-state index < -0.39 is 29.7 Å². The van der Waals surface area contributed by atoms with E-state index >= 15 is 0 Å². The predicted molar refractivity (Wildman–Crippen MR) is 76.7 cm³/mol. The van der Waals surface area contributed by atoms with E-state index in [1.165, 1.54) is 6.92 Å². The third-order valence-corrected chi connectivity index (χ3v) is 3.80. The molecule has 0 spiro atoms. The molecule has 0 aliphatic heterocycles. The molecule has 7 heteroatoms. The molecule has 1 unspecified atom stereocenters. The number of carbonyl (C=O) groups is 2. The van der Waals surface area contributed by atoms with Crippen LogP contribution < -0.4 is 5.32 Å². The molecule has 1 aliphatic rings. The molecule has 0 aromatic heterocycles. The molecule has 23 heavy (non-hydrogen) atoms. The van der Waals surface area contributed by atoms with Gasteiger partial charge in [0, 0.05) is 6.04 Å². The van der Waals surface area contributed by atoms with Crippen LogP contribution in [0.3, 0.4) is 0 Å². The largest absolute Gasteiger partial charge is 0.449 e. The Morgan fingerprint density at radius 1 is 1.17 bits per heavy atom. The second-order valence-corrected chi connectivity index (χ2v) is 5.61. The highest BCUT2D eigenvalue weighted by Crippen LogP contribution is 2.29. The van der Waals surface area contributed by atoms with Crippen LogP contribution in [0.15, 0.2) is 24.3 Å². The SMILES string of the molecule is CC(OC(=O)c1ccc(C(F)(F)F)cc1)C(=O)NC1CCCC1. The molecular formula is C16H18F3NO3. The van der Waals surface area contributed by atoms with Crippen molar-refractivity contribution in [2.24, 2.45) is 0 Å². The first kappa shape index (κ1) is 17.3. The number of benzene rings is 1. The minimum absolute atomic E-state index is 0.0292. The quantitative estimate of drug-likeness (QED) is 0.862. The van der Waals surface area contributed by atoms with E-state index in [0.29, 0.717) is 0 Å². The number of hydrogen-bond acceptors (Lipinski definition) is 3. The Hall–Kier alpha value is -2.05. The first-order valence-corrected chi connectivity index (χ1v) is 7.46. The van der Waals surface area contributed by atoms with Crippen molar-refractivity contribution < 1.29 is 27.5 Å². The van der Waals surface area contributed by atoms with Crippen molar-refractivity contribution in [1.82, 2.24) is 5.32 Å². The standard InChI is InChI=1S/C16H18F3NO3/c1-10(14(21)20-13-4-2-3-5-13)23-15(22)11-6-8-12(9-7-11)16(17,18)19/h6-10,13H,2-5H2,1H3,(H,20,21). The van der Waals surface area contributed by atoms with E-state index in [0.717, 1.165) is 49.9 Å². The van der Waals surface area contributed by atoms with Crippen LogP contribution in [-0.2, 0) is 15.7 Å². The lowest BCUT2D eigenvalue weighted by Crippen LogP contribution is -2.40. The molecule has 1 aliphatic carbocycles. The normalized spacial score (nSPS) is 16.9. The lowest BCUT2D eigenvalue weighted by Gasteiger charge is -2.17. The fourth-order valence-electron chi connectivity index (χ4n) is 2.47. The van der Waals surface area contributed by atoms with Crippen molar-refractivity contribution in [1.29, 1.82) is 0 Å². The van der Waals surface area contributed by atoms with Gasteiger partial charge < -0.3 is 10.1 Å². The Bertz CT molecular complexity index is 563. The number of rotatable bonds is 4. The van der Waals surface area contributed by atoms with E-state index in [-0.39, 0.29) is 11.6 Å². The lowest BCUT2D eigenvalue weighted by atomic mass is 10.1. The number of nitrogens with one attached hydrogen (secondary N) is 1. The third kappa shape index (κ3) is 4.71. The van der Waals surface area contributed by atoms with Gasteiger partial charge in [0.05, 0.1) is 11.1 Å². The van der Waals surface area contributed by atoms with Crippen molar-refractivity contribution in [2.45, 2.75) is 50.9 Å². The molecule has 1 amide bonds. The summed E-state index contributed by atoms with van der Waals surface area (Å²) in [7, 11) is 0. The molecule has 0 saturated heterocycles. The van der Waals surface area contributed by atoms with Crippen molar-refractivity contribution in [3.8, 4) is 0 Å². The summed E-state index contributed by atoms with van der Waals surface area (Å²) in [6, 6.07) is 3.79. The molecule has 4 nitrogen and oxygen atoms in total. The van der Waals surface area contributed by atoms with Crippen molar-refractivity contribution in [3.63, 3.8) is 0 Å². The fraction of sp³-hybridized carbons (Fsp3) is 0.500. The number of carbonyl (C=O) groups excluding carboxylic acids is 2. The van der Waals surface area contributed by atoms with E-state index in [1.54, 1.807) is 0 Å². The number of ether oxygens (including phenoxy) is 1. The maximum atomic E-state index is 12.5. The lowest BCUT2D eigenvalue weighted by molar-refractivity contribution is -0.137. The summed E-state index contributed by atoms with van der Waals surface area (Å²) in [5.41, 5.74) is -0.875. The molecule has 1 N–H and O–H groups in total. The molecule has 2 rings (SSSR count). The molecule has 1 atom stereocenters. The molecule has 1 aromatic carbocycles. The fourth-order valence-corrected chi connectivity index (χ4v) is 2.47. The Morgan fingerprint density at radius 3 is 2.26 bits per heavy atom. The van der Waals surface area contributed by atoms with Gasteiger partial charge in [0.15, 0.2) is 6.10 Å². The summed E-state index contributed by atoms with van der Waals surface area (Å²) < 4.78 is 42.4. The van der Waals surface area contributed by atoms with E-state index in [1.807, 2.05) is 0 Å². The molecule has 1 saturated carbocycles. The van der Waals surface area contributed by atoms with Crippen molar-refractivity contribution in [2.75, 3.05) is 0 Å². The first-order valence-electron chi connectivity index (χ1n) is 7.46. The molecule has 1 aromatic rings. The summed E-state index contributed by atoms with van der Waals surface area (Å²) in [6.45, 7) is 1.44. The van der Waals surface area contributed by atoms with Gasteiger partial charge in [-0.3, -0.25) is 4.79 Å². The zero-order valence-corrected chi connectivity index (χ0v) is 12.7. The number of alkyl halides is 3. The second-order valence-electron chi connectivity index (χ2n) is 5.61. The molecule has 1 fully saturated rings. The Morgan fingerprint density at radius 2 is 1.74 bits per heavy atom. The zero-order valence-electron chi connectivity index (χ0n) is 12.7. The topological polar surface area (TPSA) is 55.4 Å². The summed E-state index contributed by atoms with van der Waals surface area (Å²) >= 11 is 0. The van der Waals surface area contributed by atoms with E-state index in [2.05, 4.69) is 5.32 Å². The number of amides is 1. The highest BCUT2D eigenvalue weighted by Gasteiger charge is 2.30. The number of hydrogen-bond donors (Lipinski definition) is 1. The van der Waals surface area contributed by atoms with Crippen LogP contribution in [0.4, 0.5) is 13.2 Å². The van der Waals surface area contributed by atoms with Crippen LogP contribution in [0, 0.1) is 0 Å². The van der Waals surface area contributed by atoms with Crippen molar-refractivity contribution >= 4 is 11.9 Å². The van der Waals surface area contributed by atoms with Gasteiger partial charge in [0.25, 0.3) is 5.91 Å². The van der Waals surface area contributed by atoms with Crippen LogP contribution in [0.25, 0.3) is 0 Å². The van der Waals surface area contributed by atoms with Crippen LogP contribution >= 0.6 is 0 Å². The first-order chi connectivity index (χ1) is 10.8. The van der Waals surface area contributed by atoms with Gasteiger partial charge in [-0.05, 0) is 44.0 Å². The van der Waals surface area contributed by atoms with Crippen LogP contribution in [-0.4, -0.2) is 24.0 Å². The smallest absolute Gasteiger partial charge is 0.416 e. The summed E-state index contributed by atoms with van der Waals surface area (Å²) in [6.07, 6.45) is -1.52. The van der Waals surface area contributed by atoms with Crippen LogP contribution in [0.5, 0.6) is 0 Å². The average Bonchev–Trinajstić information content (AvgIpc) is 2.99. The summed E-state index contributed by atoms with van der Waals surface area (Å²) in [5.74, 6) is -1.22. The van der Waals surface area contributed by atoms with E-state index in [9.17, 15) is 22.8 Å². The Kier molecular flexibility index (Phi) is 5.28. The predicted octanol–water partition coefficient (Wildman–Crippen LogP) is 3.31. The zero-order chi connectivity index (χ0) is 17.0. The average molecular weight is 329 g/mol. The molecule has 126 valence electrons. The highest BCUT2D eigenvalue weighted by molar-refractivity contribution is 5.92. The number of halogens is 3. The highest BCUT2D eigenvalue weighted by atomic mass is 19.4. The van der Waals surface area contributed by atoms with Crippen molar-refractivity contribution in [3.05, 3.63) is 35.4 Å². The van der Waals surface area contributed by atoms with Gasteiger partial charge in [-0.15, -0.1) is 0 Å². The van der Waals surface area contributed by atoms with Crippen LogP contribution in [0.1, 0.15) is 48.5 Å². The third-order valence-electron chi connectivity index (χ3n) is 3.80. The van der Waals surface area contributed by atoms with Gasteiger partial charge in [-0.2, -0.15) is 13.2 Å². The maximum Gasteiger partial charge on any atom is 0.416 e. The summed E-state index contributed by atoms with van der Waals surface area (Å²) in [4.78, 5) is 23.8. The monoisotopic (exact) mass is 329 g/mol.